The fourth-order valence-electron chi connectivity index (χ4n) is 1.85. The number of nitrogens with one attached hydrogen (secondary N) is 1. The number of nitrogens with zero attached hydrogens (tertiary/aromatic N) is 2. The second kappa shape index (κ2) is 4.53. The van der Waals surface area contributed by atoms with Crippen LogP contribution in [0.1, 0.15) is 18.4 Å². The highest BCUT2D eigenvalue weighted by Crippen LogP contribution is 2.17. The van der Waals surface area contributed by atoms with Crippen molar-refractivity contribution < 1.29 is 9.59 Å². The van der Waals surface area contributed by atoms with Crippen LogP contribution in [-0.4, -0.2) is 34.8 Å². The lowest BCUT2D eigenvalue weighted by Gasteiger charge is -2.28. The van der Waals surface area contributed by atoms with Gasteiger partial charge < -0.3 is 5.32 Å². The highest BCUT2D eigenvalue weighted by molar-refractivity contribution is 6.01. The van der Waals surface area contributed by atoms with Crippen molar-refractivity contribution in [1.82, 2.24) is 9.88 Å². The minimum absolute atomic E-state index is 0.120. The van der Waals surface area contributed by atoms with Gasteiger partial charge in [0.1, 0.15) is 11.9 Å². The molecule has 1 aromatic heterocycles. The molecule has 1 aliphatic rings. The third kappa shape index (κ3) is 2.27. The normalized spacial score (nSPS) is 20.6. The van der Waals surface area contributed by atoms with E-state index in [0.717, 1.165) is 5.56 Å². The molecule has 1 aromatic rings. The lowest BCUT2D eigenvalue weighted by atomic mass is 10.0. The molecule has 0 bridgehead atoms. The van der Waals surface area contributed by atoms with Gasteiger partial charge in [-0.25, -0.2) is 4.98 Å². The number of likely N-dealkylation sites (N-methyl/N-ethyl adjacent to an activating group) is 1. The van der Waals surface area contributed by atoms with Crippen LogP contribution in [0.5, 0.6) is 0 Å². The number of imide groups is 1. The maximum atomic E-state index is 11.9. The first kappa shape index (κ1) is 11.6. The molecule has 1 aliphatic heterocycles. The number of likely N-dealkylation sites (tertiary alicyclic amines) is 1. The third-order valence-corrected chi connectivity index (χ3v) is 2.97. The predicted molar refractivity (Wildman–Crippen MR) is 63.4 cm³/mol. The Bertz CT molecular complexity index is 459. The molecule has 0 aromatic carbocycles. The zero-order chi connectivity index (χ0) is 12.4. The standard InChI is InChI=1S/C12H15N3O2/c1-8-4-3-7-13-11(8)14-9-5-6-10(16)15(2)12(9)17/h3-4,7,9H,5-6H2,1-2H3,(H,13,14). The van der Waals surface area contributed by atoms with E-state index in [1.807, 2.05) is 19.1 Å². The molecule has 0 radical (unpaired) electrons. The van der Waals surface area contributed by atoms with Crippen LogP contribution >= 0.6 is 0 Å². The Hall–Kier alpha value is -1.91. The van der Waals surface area contributed by atoms with Gasteiger partial charge in [-0.1, -0.05) is 6.07 Å². The first-order chi connectivity index (χ1) is 8.09. The molecular formula is C12H15N3O2. The smallest absolute Gasteiger partial charge is 0.251 e. The van der Waals surface area contributed by atoms with Gasteiger partial charge in [0.05, 0.1) is 0 Å². The number of piperidine rings is 1. The highest BCUT2D eigenvalue weighted by Gasteiger charge is 2.31. The van der Waals surface area contributed by atoms with E-state index in [2.05, 4.69) is 10.3 Å². The summed E-state index contributed by atoms with van der Waals surface area (Å²) in [6.45, 7) is 1.93. The number of anilines is 1. The lowest BCUT2D eigenvalue weighted by molar-refractivity contribution is -0.146. The number of hydrogen-bond acceptors (Lipinski definition) is 4. The number of amides is 2. The van der Waals surface area contributed by atoms with Gasteiger partial charge in [0.2, 0.25) is 5.91 Å². The van der Waals surface area contributed by atoms with Crippen molar-refractivity contribution in [3.8, 4) is 0 Å². The number of aromatic nitrogens is 1. The first-order valence-corrected chi connectivity index (χ1v) is 5.58. The summed E-state index contributed by atoms with van der Waals surface area (Å²) in [4.78, 5) is 28.6. The summed E-state index contributed by atoms with van der Waals surface area (Å²) in [5.41, 5.74) is 0.986. The van der Waals surface area contributed by atoms with E-state index in [9.17, 15) is 9.59 Å². The average molecular weight is 233 g/mol. The Labute approximate surface area is 99.8 Å². The molecule has 1 atom stereocenters. The minimum atomic E-state index is -0.355. The van der Waals surface area contributed by atoms with Crippen LogP contribution in [0.25, 0.3) is 0 Å². The number of pyridine rings is 1. The van der Waals surface area contributed by atoms with Gasteiger partial charge in [0.15, 0.2) is 0 Å². The molecule has 1 saturated heterocycles. The molecule has 1 N–H and O–H groups in total. The molecular weight excluding hydrogens is 218 g/mol. The van der Waals surface area contributed by atoms with E-state index < -0.39 is 0 Å². The maximum Gasteiger partial charge on any atom is 0.251 e. The van der Waals surface area contributed by atoms with E-state index in [-0.39, 0.29) is 17.9 Å². The van der Waals surface area contributed by atoms with Crippen LogP contribution < -0.4 is 5.32 Å². The van der Waals surface area contributed by atoms with E-state index in [4.69, 9.17) is 0 Å². The third-order valence-electron chi connectivity index (χ3n) is 2.97. The monoisotopic (exact) mass is 233 g/mol. The number of aryl methyl sites for hydroxylation is 1. The summed E-state index contributed by atoms with van der Waals surface area (Å²) in [5.74, 6) is 0.394. The summed E-state index contributed by atoms with van der Waals surface area (Å²) in [6, 6.07) is 3.42. The average Bonchev–Trinajstić information content (AvgIpc) is 2.32. The van der Waals surface area contributed by atoms with Crippen molar-refractivity contribution in [3.05, 3.63) is 23.9 Å². The quantitative estimate of drug-likeness (QED) is 0.772. The van der Waals surface area contributed by atoms with Gasteiger partial charge in [-0.3, -0.25) is 14.5 Å². The summed E-state index contributed by atoms with van der Waals surface area (Å²) >= 11 is 0. The number of carbonyl (C=O) groups is 2. The topological polar surface area (TPSA) is 62.3 Å². The van der Waals surface area contributed by atoms with Crippen molar-refractivity contribution in [2.24, 2.45) is 0 Å². The second-order valence-electron chi connectivity index (χ2n) is 4.20. The number of carbonyl (C=O) groups excluding carboxylic acids is 2. The van der Waals surface area contributed by atoms with Crippen LogP contribution in [-0.2, 0) is 9.59 Å². The van der Waals surface area contributed by atoms with Crippen LogP contribution in [0.3, 0.4) is 0 Å². The maximum absolute atomic E-state index is 11.9. The van der Waals surface area contributed by atoms with Crippen LogP contribution in [0.4, 0.5) is 5.82 Å². The summed E-state index contributed by atoms with van der Waals surface area (Å²) in [6.07, 6.45) is 2.60. The highest BCUT2D eigenvalue weighted by atomic mass is 16.2. The largest absolute Gasteiger partial charge is 0.358 e. The zero-order valence-electron chi connectivity index (χ0n) is 9.93. The molecule has 1 unspecified atom stereocenters. The van der Waals surface area contributed by atoms with E-state index in [1.54, 1.807) is 6.20 Å². The number of hydrogen-bond donors (Lipinski definition) is 1. The molecule has 2 heterocycles. The molecule has 90 valence electrons. The van der Waals surface area contributed by atoms with Crippen molar-refractivity contribution in [3.63, 3.8) is 0 Å². The first-order valence-electron chi connectivity index (χ1n) is 5.58. The van der Waals surface area contributed by atoms with Gasteiger partial charge in [0.25, 0.3) is 5.91 Å². The van der Waals surface area contributed by atoms with E-state index in [0.29, 0.717) is 18.7 Å². The fourth-order valence-corrected chi connectivity index (χ4v) is 1.85. The minimum Gasteiger partial charge on any atom is -0.358 e. The summed E-state index contributed by atoms with van der Waals surface area (Å²) in [5, 5.41) is 3.10. The van der Waals surface area contributed by atoms with Crippen LogP contribution in [0.2, 0.25) is 0 Å². The Morgan fingerprint density at radius 1 is 1.47 bits per heavy atom. The van der Waals surface area contributed by atoms with Gasteiger partial charge in [-0.2, -0.15) is 0 Å². The van der Waals surface area contributed by atoms with Crippen LogP contribution in [0, 0.1) is 6.92 Å². The zero-order valence-corrected chi connectivity index (χ0v) is 9.93. The van der Waals surface area contributed by atoms with Gasteiger partial charge in [0, 0.05) is 19.7 Å². The van der Waals surface area contributed by atoms with Gasteiger partial charge >= 0.3 is 0 Å². The Morgan fingerprint density at radius 3 is 2.94 bits per heavy atom. The molecule has 1 fully saturated rings. The second-order valence-corrected chi connectivity index (χ2v) is 4.20. The summed E-state index contributed by atoms with van der Waals surface area (Å²) in [7, 11) is 1.52. The van der Waals surface area contributed by atoms with Crippen molar-refractivity contribution in [2.75, 3.05) is 12.4 Å². The van der Waals surface area contributed by atoms with Gasteiger partial charge in [-0.05, 0) is 25.0 Å². The molecule has 2 amide bonds. The van der Waals surface area contributed by atoms with Gasteiger partial charge in [-0.15, -0.1) is 0 Å². The van der Waals surface area contributed by atoms with Crippen LogP contribution in [0.15, 0.2) is 18.3 Å². The predicted octanol–water partition coefficient (Wildman–Crippen LogP) is 0.949. The van der Waals surface area contributed by atoms with Crippen molar-refractivity contribution in [2.45, 2.75) is 25.8 Å². The van der Waals surface area contributed by atoms with E-state index in [1.165, 1.54) is 11.9 Å². The fraction of sp³-hybridized carbons (Fsp3) is 0.417. The number of rotatable bonds is 2. The van der Waals surface area contributed by atoms with Crippen molar-refractivity contribution in [1.29, 1.82) is 0 Å². The molecule has 2 rings (SSSR count). The molecule has 5 nitrogen and oxygen atoms in total. The Kier molecular flexibility index (Phi) is 3.08. The van der Waals surface area contributed by atoms with E-state index >= 15 is 0 Å². The SMILES string of the molecule is Cc1cccnc1NC1CCC(=O)N(C)C1=O. The molecule has 5 heteroatoms. The molecule has 17 heavy (non-hydrogen) atoms. The van der Waals surface area contributed by atoms with Crippen molar-refractivity contribution >= 4 is 17.6 Å². The Balaban J connectivity index is 2.12. The molecule has 0 saturated carbocycles. The molecule has 0 aliphatic carbocycles. The lowest BCUT2D eigenvalue weighted by Crippen LogP contribution is -2.48. The summed E-state index contributed by atoms with van der Waals surface area (Å²) < 4.78 is 0. The Morgan fingerprint density at radius 2 is 2.24 bits per heavy atom. The molecule has 0 spiro atoms.